The average Bonchev–Trinajstić information content (AvgIpc) is 2.28. The molecule has 4 nitrogen and oxygen atoms in total. The van der Waals surface area contributed by atoms with Crippen molar-refractivity contribution in [1.29, 1.82) is 0 Å². The lowest BCUT2D eigenvalue weighted by Gasteiger charge is -2.23. The van der Waals surface area contributed by atoms with Gasteiger partial charge in [0.05, 0.1) is 12.7 Å². The molecule has 1 heterocycles. The second-order valence-corrected chi connectivity index (χ2v) is 3.69. The highest BCUT2D eigenvalue weighted by molar-refractivity contribution is 5.98. The van der Waals surface area contributed by atoms with Gasteiger partial charge in [0.15, 0.2) is 17.3 Å². The number of hydrogen-bond acceptors (Lipinski definition) is 4. The molecule has 0 saturated heterocycles. The Morgan fingerprint density at radius 2 is 1.94 bits per heavy atom. The van der Waals surface area contributed by atoms with Gasteiger partial charge in [-0.1, -0.05) is 0 Å². The molecular formula is C12H14O4. The molecule has 1 aromatic carbocycles. The van der Waals surface area contributed by atoms with Crippen LogP contribution in [-0.4, -0.2) is 26.1 Å². The highest BCUT2D eigenvalue weighted by atomic mass is 16.6. The van der Waals surface area contributed by atoms with Gasteiger partial charge < -0.3 is 14.2 Å². The van der Waals surface area contributed by atoms with E-state index in [2.05, 4.69) is 0 Å². The number of hydrogen-bond donors (Lipinski definition) is 0. The van der Waals surface area contributed by atoms with Gasteiger partial charge in [0, 0.05) is 0 Å². The van der Waals surface area contributed by atoms with Gasteiger partial charge in [-0.3, -0.25) is 4.79 Å². The standard InChI is InChI=1S/C12H14O4/c1-7-6-9(8(2)13)11-12(10(7)14-3)16-5-4-15-11/h6H,4-5H2,1-3H3. The van der Waals surface area contributed by atoms with Gasteiger partial charge in [-0.05, 0) is 25.5 Å². The summed E-state index contributed by atoms with van der Waals surface area (Å²) in [7, 11) is 1.58. The molecule has 16 heavy (non-hydrogen) atoms. The third kappa shape index (κ3) is 1.60. The molecule has 1 aliphatic heterocycles. The van der Waals surface area contributed by atoms with Crippen LogP contribution in [-0.2, 0) is 0 Å². The molecule has 0 fully saturated rings. The minimum absolute atomic E-state index is 0.0347. The van der Waals surface area contributed by atoms with Crippen LogP contribution in [0.1, 0.15) is 22.8 Å². The van der Waals surface area contributed by atoms with Gasteiger partial charge in [-0.2, -0.15) is 0 Å². The fraction of sp³-hybridized carbons (Fsp3) is 0.417. The van der Waals surface area contributed by atoms with Gasteiger partial charge in [0.1, 0.15) is 13.2 Å². The van der Waals surface area contributed by atoms with Crippen molar-refractivity contribution in [2.24, 2.45) is 0 Å². The number of rotatable bonds is 2. The minimum atomic E-state index is -0.0347. The first-order chi connectivity index (χ1) is 7.65. The molecule has 1 aliphatic rings. The highest BCUT2D eigenvalue weighted by Gasteiger charge is 2.24. The lowest BCUT2D eigenvalue weighted by molar-refractivity contribution is 0.100. The molecule has 0 bridgehead atoms. The Bertz CT molecular complexity index is 437. The first kappa shape index (κ1) is 10.8. The van der Waals surface area contributed by atoms with Crippen molar-refractivity contribution in [2.75, 3.05) is 20.3 Å². The summed E-state index contributed by atoms with van der Waals surface area (Å²) in [5.74, 6) is 1.65. The number of ketones is 1. The summed E-state index contributed by atoms with van der Waals surface area (Å²) in [6.07, 6.45) is 0. The Balaban J connectivity index is 2.67. The van der Waals surface area contributed by atoms with E-state index in [0.717, 1.165) is 5.56 Å². The number of ether oxygens (including phenoxy) is 3. The summed E-state index contributed by atoms with van der Waals surface area (Å²) in [4.78, 5) is 11.5. The summed E-state index contributed by atoms with van der Waals surface area (Å²) < 4.78 is 16.3. The Hall–Kier alpha value is -1.71. The molecule has 0 aliphatic carbocycles. The zero-order valence-electron chi connectivity index (χ0n) is 9.62. The molecule has 86 valence electrons. The first-order valence-corrected chi connectivity index (χ1v) is 5.13. The van der Waals surface area contributed by atoms with E-state index in [9.17, 15) is 4.79 Å². The fourth-order valence-electron chi connectivity index (χ4n) is 1.83. The highest BCUT2D eigenvalue weighted by Crippen LogP contribution is 2.44. The van der Waals surface area contributed by atoms with E-state index in [4.69, 9.17) is 14.2 Å². The molecule has 0 atom stereocenters. The zero-order chi connectivity index (χ0) is 11.7. The van der Waals surface area contributed by atoms with Gasteiger partial charge in [0.25, 0.3) is 0 Å². The van der Waals surface area contributed by atoms with E-state index >= 15 is 0 Å². The van der Waals surface area contributed by atoms with E-state index < -0.39 is 0 Å². The van der Waals surface area contributed by atoms with Gasteiger partial charge in [-0.25, -0.2) is 0 Å². The lowest BCUT2D eigenvalue weighted by Crippen LogP contribution is -2.18. The molecule has 0 unspecified atom stereocenters. The summed E-state index contributed by atoms with van der Waals surface area (Å²) in [5, 5.41) is 0. The third-order valence-electron chi connectivity index (χ3n) is 2.54. The van der Waals surface area contributed by atoms with Crippen LogP contribution in [0.4, 0.5) is 0 Å². The van der Waals surface area contributed by atoms with Crippen LogP contribution >= 0.6 is 0 Å². The van der Waals surface area contributed by atoms with E-state index in [1.54, 1.807) is 13.2 Å². The number of aryl methyl sites for hydroxylation is 1. The van der Waals surface area contributed by atoms with Crippen molar-refractivity contribution in [3.8, 4) is 17.2 Å². The normalized spacial score (nSPS) is 13.4. The molecule has 0 saturated carbocycles. The van der Waals surface area contributed by atoms with E-state index in [-0.39, 0.29) is 5.78 Å². The average molecular weight is 222 g/mol. The van der Waals surface area contributed by atoms with E-state index in [0.29, 0.717) is 36.0 Å². The SMILES string of the molecule is COc1c(C)cc(C(C)=O)c2c1OCCO2. The number of fused-ring (bicyclic) bond motifs is 1. The molecule has 0 spiro atoms. The quantitative estimate of drug-likeness (QED) is 0.718. The van der Waals surface area contributed by atoms with Crippen LogP contribution in [0.3, 0.4) is 0 Å². The molecule has 0 radical (unpaired) electrons. The van der Waals surface area contributed by atoms with Gasteiger partial charge >= 0.3 is 0 Å². The zero-order valence-corrected chi connectivity index (χ0v) is 9.62. The molecule has 2 rings (SSSR count). The van der Waals surface area contributed by atoms with Crippen molar-refractivity contribution in [3.63, 3.8) is 0 Å². The number of benzene rings is 1. The van der Waals surface area contributed by atoms with Crippen molar-refractivity contribution >= 4 is 5.78 Å². The topological polar surface area (TPSA) is 44.8 Å². The third-order valence-corrected chi connectivity index (χ3v) is 2.54. The second-order valence-electron chi connectivity index (χ2n) is 3.69. The van der Waals surface area contributed by atoms with Crippen molar-refractivity contribution < 1.29 is 19.0 Å². The number of carbonyl (C=O) groups is 1. The predicted octanol–water partition coefficient (Wildman–Crippen LogP) is 1.98. The monoisotopic (exact) mass is 222 g/mol. The summed E-state index contributed by atoms with van der Waals surface area (Å²) in [6.45, 7) is 4.33. The number of methoxy groups -OCH3 is 1. The van der Waals surface area contributed by atoms with Crippen LogP contribution in [0.5, 0.6) is 17.2 Å². The summed E-state index contributed by atoms with van der Waals surface area (Å²) in [5.41, 5.74) is 1.42. The van der Waals surface area contributed by atoms with Gasteiger partial charge in [-0.15, -0.1) is 0 Å². The van der Waals surface area contributed by atoms with E-state index in [1.807, 2.05) is 6.92 Å². The molecule has 1 aromatic rings. The lowest BCUT2D eigenvalue weighted by atomic mass is 10.0. The van der Waals surface area contributed by atoms with Crippen LogP contribution in [0.15, 0.2) is 6.07 Å². The fourth-order valence-corrected chi connectivity index (χ4v) is 1.83. The smallest absolute Gasteiger partial charge is 0.204 e. The molecular weight excluding hydrogens is 208 g/mol. The Morgan fingerprint density at radius 3 is 2.50 bits per heavy atom. The maximum Gasteiger partial charge on any atom is 0.204 e. The summed E-state index contributed by atoms with van der Waals surface area (Å²) in [6, 6.07) is 1.77. The minimum Gasteiger partial charge on any atom is -0.492 e. The number of carbonyl (C=O) groups excluding carboxylic acids is 1. The predicted molar refractivity (Wildman–Crippen MR) is 58.7 cm³/mol. The Labute approximate surface area is 94.1 Å². The summed E-state index contributed by atoms with van der Waals surface area (Å²) >= 11 is 0. The molecule has 0 N–H and O–H groups in total. The van der Waals surface area contributed by atoms with Crippen molar-refractivity contribution in [3.05, 3.63) is 17.2 Å². The Kier molecular flexibility index (Phi) is 2.73. The van der Waals surface area contributed by atoms with Crippen LogP contribution in [0, 0.1) is 6.92 Å². The first-order valence-electron chi connectivity index (χ1n) is 5.13. The Morgan fingerprint density at radius 1 is 1.31 bits per heavy atom. The maximum absolute atomic E-state index is 11.5. The molecule has 0 amide bonds. The second kappa shape index (κ2) is 4.04. The van der Waals surface area contributed by atoms with Crippen LogP contribution in [0.25, 0.3) is 0 Å². The van der Waals surface area contributed by atoms with Crippen LogP contribution < -0.4 is 14.2 Å². The van der Waals surface area contributed by atoms with E-state index in [1.165, 1.54) is 6.92 Å². The van der Waals surface area contributed by atoms with Gasteiger partial charge in [0.2, 0.25) is 5.75 Å². The van der Waals surface area contributed by atoms with Crippen molar-refractivity contribution in [1.82, 2.24) is 0 Å². The number of Topliss-reactive ketones (excluding diaryl/α,β-unsaturated/α-hetero) is 1. The largest absolute Gasteiger partial charge is 0.492 e. The van der Waals surface area contributed by atoms with Crippen molar-refractivity contribution in [2.45, 2.75) is 13.8 Å². The van der Waals surface area contributed by atoms with Crippen LogP contribution in [0.2, 0.25) is 0 Å². The molecule has 0 aromatic heterocycles. The maximum atomic E-state index is 11.5. The molecule has 4 heteroatoms.